The van der Waals surface area contributed by atoms with Gasteiger partial charge in [0.15, 0.2) is 0 Å². The summed E-state index contributed by atoms with van der Waals surface area (Å²) in [6, 6.07) is 10.3. The minimum Gasteiger partial charge on any atom is -0.460 e. The van der Waals surface area contributed by atoms with Crippen LogP contribution in [0.15, 0.2) is 30.3 Å². The minimum atomic E-state index is -0.0863. The van der Waals surface area contributed by atoms with Gasteiger partial charge in [0, 0.05) is 6.04 Å². The van der Waals surface area contributed by atoms with Crippen LogP contribution in [0.3, 0.4) is 0 Å². The molecule has 1 unspecified atom stereocenters. The molecule has 3 heteroatoms. The van der Waals surface area contributed by atoms with E-state index in [9.17, 15) is 4.79 Å². The van der Waals surface area contributed by atoms with Crippen LogP contribution in [0.5, 0.6) is 0 Å². The molecule has 1 saturated carbocycles. The molecule has 2 fully saturated rings. The molecule has 3 nitrogen and oxygen atoms in total. The number of hydrogen-bond acceptors (Lipinski definition) is 3. The van der Waals surface area contributed by atoms with Gasteiger partial charge >= 0.3 is 5.97 Å². The Labute approximate surface area is 114 Å². The molecular weight excluding hydrogens is 238 g/mol. The summed E-state index contributed by atoms with van der Waals surface area (Å²) < 4.78 is 5.42. The Morgan fingerprint density at radius 2 is 2.00 bits per heavy atom. The smallest absolute Gasteiger partial charge is 0.323 e. The van der Waals surface area contributed by atoms with Gasteiger partial charge in [-0.1, -0.05) is 43.2 Å². The van der Waals surface area contributed by atoms with Crippen LogP contribution >= 0.6 is 0 Å². The van der Waals surface area contributed by atoms with Crippen LogP contribution in [0.2, 0.25) is 0 Å². The van der Waals surface area contributed by atoms with E-state index in [2.05, 4.69) is 5.32 Å². The molecule has 1 aliphatic carbocycles. The van der Waals surface area contributed by atoms with E-state index in [1.807, 2.05) is 30.3 Å². The van der Waals surface area contributed by atoms with E-state index in [1.54, 1.807) is 0 Å². The fourth-order valence-electron chi connectivity index (χ4n) is 3.33. The van der Waals surface area contributed by atoms with Gasteiger partial charge in [-0.15, -0.1) is 0 Å². The lowest BCUT2D eigenvalue weighted by atomic mass is 9.85. The number of esters is 1. The third kappa shape index (κ3) is 2.98. The lowest BCUT2D eigenvalue weighted by molar-refractivity contribution is -0.147. The van der Waals surface area contributed by atoms with E-state index in [4.69, 9.17) is 4.74 Å². The Balaban J connectivity index is 1.51. The third-order valence-corrected chi connectivity index (χ3v) is 4.37. The maximum absolute atomic E-state index is 12.1. The predicted molar refractivity (Wildman–Crippen MR) is 73.5 cm³/mol. The summed E-state index contributed by atoms with van der Waals surface area (Å²) in [6.07, 6.45) is 6.04. The lowest BCUT2D eigenvalue weighted by Gasteiger charge is -2.24. The van der Waals surface area contributed by atoms with Crippen LogP contribution in [-0.4, -0.2) is 18.1 Å². The molecule has 1 N–H and O–H groups in total. The molecule has 0 amide bonds. The van der Waals surface area contributed by atoms with Gasteiger partial charge in [0.05, 0.1) is 0 Å². The topological polar surface area (TPSA) is 38.3 Å². The molecule has 102 valence electrons. The second-order valence-corrected chi connectivity index (χ2v) is 5.70. The van der Waals surface area contributed by atoms with E-state index in [0.717, 1.165) is 12.0 Å². The molecule has 0 bridgehead atoms. The van der Waals surface area contributed by atoms with Gasteiger partial charge in [-0.3, -0.25) is 4.79 Å². The summed E-state index contributed by atoms with van der Waals surface area (Å²) in [7, 11) is 0. The number of ether oxygens (including phenoxy) is 1. The molecular formula is C16H21NO2. The van der Waals surface area contributed by atoms with Gasteiger partial charge in [0.2, 0.25) is 0 Å². The number of rotatable bonds is 3. The first-order valence-corrected chi connectivity index (χ1v) is 7.29. The summed E-state index contributed by atoms with van der Waals surface area (Å²) in [5.74, 6) is 0.598. The maximum Gasteiger partial charge on any atom is 0.323 e. The summed E-state index contributed by atoms with van der Waals surface area (Å²) in [5, 5.41) is 3.45. The highest BCUT2D eigenvalue weighted by Gasteiger charge is 2.38. The Hall–Kier alpha value is -1.35. The average Bonchev–Trinajstić information content (AvgIpc) is 2.90. The molecule has 1 saturated heterocycles. The number of carbonyl (C=O) groups excluding carboxylic acids is 1. The van der Waals surface area contributed by atoms with Crippen molar-refractivity contribution >= 4 is 5.97 Å². The van der Waals surface area contributed by atoms with Crippen molar-refractivity contribution in [2.24, 2.45) is 5.92 Å². The zero-order valence-electron chi connectivity index (χ0n) is 11.2. The zero-order chi connectivity index (χ0) is 13.1. The average molecular weight is 259 g/mol. The van der Waals surface area contributed by atoms with Crippen LogP contribution in [0.4, 0.5) is 0 Å². The van der Waals surface area contributed by atoms with Crippen molar-refractivity contribution in [3.63, 3.8) is 0 Å². The second-order valence-electron chi connectivity index (χ2n) is 5.70. The minimum absolute atomic E-state index is 0.0850. The number of hydrogen-bond donors (Lipinski definition) is 1. The summed E-state index contributed by atoms with van der Waals surface area (Å²) in [4.78, 5) is 12.1. The molecule has 3 rings (SSSR count). The summed E-state index contributed by atoms with van der Waals surface area (Å²) >= 11 is 0. The van der Waals surface area contributed by atoms with E-state index < -0.39 is 0 Å². The summed E-state index contributed by atoms with van der Waals surface area (Å²) in [6.45, 7) is 0.382. The van der Waals surface area contributed by atoms with Gasteiger partial charge in [-0.2, -0.15) is 0 Å². The monoisotopic (exact) mass is 259 g/mol. The fourth-order valence-corrected chi connectivity index (χ4v) is 3.33. The number of carbonyl (C=O) groups is 1. The van der Waals surface area contributed by atoms with Crippen molar-refractivity contribution in [1.82, 2.24) is 5.32 Å². The third-order valence-electron chi connectivity index (χ3n) is 4.37. The summed E-state index contributed by atoms with van der Waals surface area (Å²) in [5.41, 5.74) is 1.05. The Kier molecular flexibility index (Phi) is 3.83. The first-order valence-electron chi connectivity index (χ1n) is 7.29. The van der Waals surface area contributed by atoms with Crippen LogP contribution < -0.4 is 5.32 Å². The Morgan fingerprint density at radius 3 is 2.79 bits per heavy atom. The first kappa shape index (κ1) is 12.7. The van der Waals surface area contributed by atoms with Crippen molar-refractivity contribution in [3.05, 3.63) is 35.9 Å². The van der Waals surface area contributed by atoms with E-state index >= 15 is 0 Å². The van der Waals surface area contributed by atoms with Crippen molar-refractivity contribution in [3.8, 4) is 0 Å². The molecule has 19 heavy (non-hydrogen) atoms. The fraction of sp³-hybridized carbons (Fsp3) is 0.562. The van der Waals surface area contributed by atoms with Crippen molar-refractivity contribution in [2.75, 3.05) is 0 Å². The van der Waals surface area contributed by atoms with Crippen LogP contribution in [0.25, 0.3) is 0 Å². The molecule has 1 aromatic rings. The molecule has 3 atom stereocenters. The van der Waals surface area contributed by atoms with Crippen LogP contribution in [0, 0.1) is 5.92 Å². The van der Waals surface area contributed by atoms with Gasteiger partial charge in [0.25, 0.3) is 0 Å². The quantitative estimate of drug-likeness (QED) is 0.848. The van der Waals surface area contributed by atoms with Gasteiger partial charge in [-0.25, -0.2) is 0 Å². The predicted octanol–water partition coefficient (Wildman–Crippen LogP) is 2.65. The largest absolute Gasteiger partial charge is 0.460 e. The van der Waals surface area contributed by atoms with Gasteiger partial charge < -0.3 is 10.1 Å². The van der Waals surface area contributed by atoms with Crippen molar-refractivity contribution < 1.29 is 9.53 Å². The normalized spacial score (nSPS) is 29.8. The molecule has 0 spiro atoms. The van der Waals surface area contributed by atoms with Crippen molar-refractivity contribution in [2.45, 2.75) is 50.8 Å². The van der Waals surface area contributed by atoms with E-state index in [1.165, 1.54) is 25.7 Å². The molecule has 0 radical (unpaired) electrons. The molecule has 1 aromatic carbocycles. The Morgan fingerprint density at radius 1 is 1.21 bits per heavy atom. The number of benzene rings is 1. The number of nitrogens with one attached hydrogen (secondary N) is 1. The van der Waals surface area contributed by atoms with Crippen LogP contribution in [0.1, 0.15) is 37.7 Å². The standard InChI is InChI=1S/C16H21NO2/c18-16(19-11-12-6-2-1-3-7-12)15-10-13-8-4-5-9-14(13)17-15/h1-3,6-7,13-15,17H,4-5,8-11H2/t13-,14+,15?/m0/s1. The SMILES string of the molecule is O=C(OCc1ccccc1)C1C[C@@H]2CCCC[C@H]2N1. The van der Waals surface area contributed by atoms with Crippen LogP contribution in [-0.2, 0) is 16.1 Å². The van der Waals surface area contributed by atoms with Gasteiger partial charge in [0.1, 0.15) is 12.6 Å². The highest BCUT2D eigenvalue weighted by atomic mass is 16.5. The second kappa shape index (κ2) is 5.74. The molecule has 1 heterocycles. The van der Waals surface area contributed by atoms with Gasteiger partial charge in [-0.05, 0) is 30.7 Å². The number of fused-ring (bicyclic) bond motifs is 1. The maximum atomic E-state index is 12.1. The highest BCUT2D eigenvalue weighted by molar-refractivity contribution is 5.76. The Bertz CT molecular complexity index is 418. The zero-order valence-corrected chi connectivity index (χ0v) is 11.2. The first-order chi connectivity index (χ1) is 9.33. The highest BCUT2D eigenvalue weighted by Crippen LogP contribution is 2.33. The van der Waals surface area contributed by atoms with E-state index in [0.29, 0.717) is 18.6 Å². The van der Waals surface area contributed by atoms with Crippen molar-refractivity contribution in [1.29, 1.82) is 0 Å². The molecule has 0 aromatic heterocycles. The van der Waals surface area contributed by atoms with E-state index in [-0.39, 0.29) is 12.0 Å². The molecule has 2 aliphatic rings. The lowest BCUT2D eigenvalue weighted by Crippen LogP contribution is -2.37. The molecule has 1 aliphatic heterocycles.